The van der Waals surface area contributed by atoms with Gasteiger partial charge in [0, 0.05) is 0 Å². The van der Waals surface area contributed by atoms with E-state index < -0.39 is 6.04 Å². The monoisotopic (exact) mass is 227 g/mol. The summed E-state index contributed by atoms with van der Waals surface area (Å²) in [5, 5.41) is 6.43. The molecule has 0 aliphatic heterocycles. The molecule has 6 heteroatoms. The third-order valence-electron chi connectivity index (χ3n) is 2.05. The van der Waals surface area contributed by atoms with E-state index >= 15 is 0 Å². The van der Waals surface area contributed by atoms with Gasteiger partial charge in [0.1, 0.15) is 4.88 Å². The van der Waals surface area contributed by atoms with Crippen LogP contribution < -0.4 is 5.32 Å². The highest BCUT2D eigenvalue weighted by molar-refractivity contribution is 7.08. The lowest BCUT2D eigenvalue weighted by molar-refractivity contribution is -0.118. The molecule has 1 aromatic heterocycles. The summed E-state index contributed by atoms with van der Waals surface area (Å²) in [5.41, 5.74) is 0.674. The van der Waals surface area contributed by atoms with Crippen molar-refractivity contribution in [1.82, 2.24) is 14.9 Å². The molecule has 1 aromatic rings. The Kier molecular flexibility index (Phi) is 3.90. The van der Waals surface area contributed by atoms with Gasteiger partial charge in [0.05, 0.1) is 11.7 Å². The first-order chi connectivity index (χ1) is 7.06. The zero-order chi connectivity index (χ0) is 11.4. The number of carbonyl (C=O) groups excluding carboxylic acids is 2. The van der Waals surface area contributed by atoms with Gasteiger partial charge in [-0.15, -0.1) is 5.10 Å². The van der Waals surface area contributed by atoms with E-state index in [-0.39, 0.29) is 11.7 Å². The SMILES string of the molecule is CCc1nnsc1C(=O)NC(C)C(C)=O. The number of hydrogen-bond acceptors (Lipinski definition) is 5. The molecule has 15 heavy (non-hydrogen) atoms. The third kappa shape index (κ3) is 2.82. The van der Waals surface area contributed by atoms with Crippen LogP contribution in [0.4, 0.5) is 0 Å². The van der Waals surface area contributed by atoms with Gasteiger partial charge in [-0.1, -0.05) is 11.4 Å². The van der Waals surface area contributed by atoms with Crippen LogP contribution in [-0.2, 0) is 11.2 Å². The Morgan fingerprint density at radius 3 is 2.73 bits per heavy atom. The molecule has 82 valence electrons. The van der Waals surface area contributed by atoms with Crippen LogP contribution in [0.2, 0.25) is 0 Å². The lowest BCUT2D eigenvalue weighted by Crippen LogP contribution is -2.37. The standard InChI is InChI=1S/C9H13N3O2S/c1-4-7-8(15-12-11-7)9(14)10-5(2)6(3)13/h5H,4H2,1-3H3,(H,10,14). The predicted molar refractivity (Wildman–Crippen MR) is 56.9 cm³/mol. The number of hydrogen-bond donors (Lipinski definition) is 1. The minimum Gasteiger partial charge on any atom is -0.342 e. The topological polar surface area (TPSA) is 72.0 Å². The fourth-order valence-electron chi connectivity index (χ4n) is 0.976. The number of nitrogens with one attached hydrogen (secondary N) is 1. The number of amides is 1. The Labute approximate surface area is 92.0 Å². The smallest absolute Gasteiger partial charge is 0.265 e. The summed E-state index contributed by atoms with van der Waals surface area (Å²) >= 11 is 1.05. The molecule has 0 saturated heterocycles. The first kappa shape index (κ1) is 11.8. The fourth-order valence-corrected chi connectivity index (χ4v) is 1.63. The van der Waals surface area contributed by atoms with Crippen molar-refractivity contribution < 1.29 is 9.59 Å². The van der Waals surface area contributed by atoms with Gasteiger partial charge in [-0.05, 0) is 31.8 Å². The van der Waals surface area contributed by atoms with Gasteiger partial charge in [-0.3, -0.25) is 9.59 Å². The van der Waals surface area contributed by atoms with Crippen molar-refractivity contribution in [2.24, 2.45) is 0 Å². The van der Waals surface area contributed by atoms with Crippen LogP contribution in [0.15, 0.2) is 0 Å². The zero-order valence-corrected chi connectivity index (χ0v) is 9.72. The van der Waals surface area contributed by atoms with Gasteiger partial charge in [0.2, 0.25) is 0 Å². The molecule has 0 aliphatic carbocycles. The van der Waals surface area contributed by atoms with Gasteiger partial charge in [-0.2, -0.15) is 0 Å². The minimum absolute atomic E-state index is 0.0705. The summed E-state index contributed by atoms with van der Waals surface area (Å²) in [4.78, 5) is 23.1. The van der Waals surface area contributed by atoms with Crippen molar-refractivity contribution in [2.45, 2.75) is 33.2 Å². The van der Waals surface area contributed by atoms with Gasteiger partial charge >= 0.3 is 0 Å². The molecule has 1 N–H and O–H groups in total. The van der Waals surface area contributed by atoms with E-state index in [1.165, 1.54) is 6.92 Å². The van der Waals surface area contributed by atoms with Crippen LogP contribution >= 0.6 is 11.5 Å². The van der Waals surface area contributed by atoms with Crippen LogP contribution in [0, 0.1) is 0 Å². The van der Waals surface area contributed by atoms with Crippen molar-refractivity contribution in [3.8, 4) is 0 Å². The average Bonchev–Trinajstić information content (AvgIpc) is 2.64. The molecule has 0 aromatic carbocycles. The summed E-state index contributed by atoms with van der Waals surface area (Å²) < 4.78 is 3.71. The summed E-state index contributed by atoms with van der Waals surface area (Å²) in [7, 11) is 0. The van der Waals surface area contributed by atoms with E-state index in [4.69, 9.17) is 0 Å². The van der Waals surface area contributed by atoms with E-state index in [0.29, 0.717) is 17.0 Å². The van der Waals surface area contributed by atoms with Crippen molar-refractivity contribution in [2.75, 3.05) is 0 Å². The van der Waals surface area contributed by atoms with Crippen LogP contribution in [0.3, 0.4) is 0 Å². The normalized spacial score (nSPS) is 12.2. The molecule has 1 heterocycles. The largest absolute Gasteiger partial charge is 0.342 e. The van der Waals surface area contributed by atoms with Crippen molar-refractivity contribution in [3.05, 3.63) is 10.6 Å². The molecule has 0 fully saturated rings. The Bertz CT molecular complexity index is 375. The number of Topliss-reactive ketones (excluding diaryl/α,β-unsaturated/α-hetero) is 1. The Morgan fingerprint density at radius 2 is 2.20 bits per heavy atom. The average molecular weight is 227 g/mol. The number of rotatable bonds is 4. The number of aryl methyl sites for hydroxylation is 1. The highest BCUT2D eigenvalue weighted by Gasteiger charge is 2.18. The van der Waals surface area contributed by atoms with E-state index in [1.807, 2.05) is 6.92 Å². The van der Waals surface area contributed by atoms with Gasteiger partial charge < -0.3 is 5.32 Å². The molecular weight excluding hydrogens is 214 g/mol. The number of aromatic nitrogens is 2. The molecule has 0 saturated carbocycles. The van der Waals surface area contributed by atoms with Crippen molar-refractivity contribution >= 4 is 23.2 Å². The first-order valence-electron chi connectivity index (χ1n) is 4.68. The maximum absolute atomic E-state index is 11.7. The zero-order valence-electron chi connectivity index (χ0n) is 8.90. The van der Waals surface area contributed by atoms with Crippen LogP contribution in [0.25, 0.3) is 0 Å². The maximum Gasteiger partial charge on any atom is 0.265 e. The van der Waals surface area contributed by atoms with E-state index in [9.17, 15) is 9.59 Å². The molecule has 5 nitrogen and oxygen atoms in total. The van der Waals surface area contributed by atoms with E-state index in [0.717, 1.165) is 11.5 Å². The Hall–Kier alpha value is -1.30. The van der Waals surface area contributed by atoms with Crippen LogP contribution in [0.1, 0.15) is 36.1 Å². The quantitative estimate of drug-likeness (QED) is 0.826. The van der Waals surface area contributed by atoms with Gasteiger partial charge in [0.25, 0.3) is 5.91 Å². The van der Waals surface area contributed by atoms with E-state index in [1.54, 1.807) is 6.92 Å². The number of carbonyl (C=O) groups is 2. The Morgan fingerprint density at radius 1 is 1.53 bits per heavy atom. The third-order valence-corrected chi connectivity index (χ3v) is 2.82. The number of nitrogens with zero attached hydrogens (tertiary/aromatic N) is 2. The molecule has 0 spiro atoms. The molecule has 0 radical (unpaired) electrons. The fraction of sp³-hybridized carbons (Fsp3) is 0.556. The molecule has 1 atom stereocenters. The molecule has 1 rings (SSSR count). The second-order valence-electron chi connectivity index (χ2n) is 3.21. The van der Waals surface area contributed by atoms with Crippen LogP contribution in [0.5, 0.6) is 0 Å². The highest BCUT2D eigenvalue weighted by Crippen LogP contribution is 2.10. The van der Waals surface area contributed by atoms with Crippen LogP contribution in [-0.4, -0.2) is 27.3 Å². The molecule has 0 bridgehead atoms. The number of ketones is 1. The summed E-state index contributed by atoms with van der Waals surface area (Å²) in [6.45, 7) is 5.00. The van der Waals surface area contributed by atoms with Gasteiger partial charge in [0.15, 0.2) is 5.78 Å². The lowest BCUT2D eigenvalue weighted by Gasteiger charge is -2.09. The molecular formula is C9H13N3O2S. The molecule has 1 amide bonds. The Balaban J connectivity index is 2.73. The second-order valence-corrected chi connectivity index (χ2v) is 3.96. The predicted octanol–water partition coefficient (Wildman–Crippen LogP) is 0.808. The highest BCUT2D eigenvalue weighted by atomic mass is 32.1. The van der Waals surface area contributed by atoms with Crippen molar-refractivity contribution in [3.63, 3.8) is 0 Å². The first-order valence-corrected chi connectivity index (χ1v) is 5.46. The van der Waals surface area contributed by atoms with E-state index in [2.05, 4.69) is 14.9 Å². The summed E-state index contributed by atoms with van der Waals surface area (Å²) in [6.07, 6.45) is 0.660. The second kappa shape index (κ2) is 4.97. The summed E-state index contributed by atoms with van der Waals surface area (Å²) in [5.74, 6) is -0.344. The van der Waals surface area contributed by atoms with Gasteiger partial charge in [-0.25, -0.2) is 0 Å². The summed E-state index contributed by atoms with van der Waals surface area (Å²) in [6, 6.07) is -0.468. The molecule has 0 aliphatic rings. The minimum atomic E-state index is -0.468. The lowest BCUT2D eigenvalue weighted by atomic mass is 10.2. The van der Waals surface area contributed by atoms with Crippen molar-refractivity contribution in [1.29, 1.82) is 0 Å². The maximum atomic E-state index is 11.7. The molecule has 1 unspecified atom stereocenters.